The van der Waals surface area contributed by atoms with E-state index in [0.29, 0.717) is 16.2 Å². The molecule has 90 valence electrons. The Balaban J connectivity index is 2.52. The second kappa shape index (κ2) is 3.89. The van der Waals surface area contributed by atoms with Crippen molar-refractivity contribution in [2.24, 2.45) is 0 Å². The van der Waals surface area contributed by atoms with Gasteiger partial charge in [0.05, 0.1) is 4.90 Å². The lowest BCUT2D eigenvalue weighted by molar-refractivity contribution is 0.439. The van der Waals surface area contributed by atoms with Crippen molar-refractivity contribution in [2.75, 3.05) is 12.0 Å². The van der Waals surface area contributed by atoms with Crippen LogP contribution < -0.4 is 5.73 Å². The van der Waals surface area contributed by atoms with Crippen LogP contribution in [-0.2, 0) is 9.84 Å². The molecule has 5 nitrogen and oxygen atoms in total. The normalized spacial score (nSPS) is 11.6. The number of aromatic nitrogens is 1. The molecule has 0 atom stereocenters. The van der Waals surface area contributed by atoms with Crippen LogP contribution in [-0.4, -0.2) is 19.8 Å². The van der Waals surface area contributed by atoms with E-state index in [0.717, 1.165) is 5.56 Å². The van der Waals surface area contributed by atoms with E-state index in [4.69, 9.17) is 10.3 Å². The van der Waals surface area contributed by atoms with Crippen molar-refractivity contribution in [3.8, 4) is 11.3 Å². The second-order valence-electron chi connectivity index (χ2n) is 3.87. The standard InChI is InChI=1S/C11H12N2O3S/c1-7-5-8(9-6-11(12)16-13-9)3-4-10(7)17(2,14)15/h3-6H,12H2,1-2H3. The van der Waals surface area contributed by atoms with Crippen LogP contribution in [0.5, 0.6) is 0 Å². The second-order valence-corrected chi connectivity index (χ2v) is 5.85. The molecular weight excluding hydrogens is 240 g/mol. The maximum atomic E-state index is 11.5. The summed E-state index contributed by atoms with van der Waals surface area (Å²) in [6, 6.07) is 6.58. The van der Waals surface area contributed by atoms with Crippen molar-refractivity contribution < 1.29 is 12.9 Å². The molecule has 0 unspecified atom stereocenters. The van der Waals surface area contributed by atoms with Crippen LogP contribution in [0.15, 0.2) is 33.7 Å². The van der Waals surface area contributed by atoms with Crippen molar-refractivity contribution in [1.29, 1.82) is 0 Å². The Morgan fingerprint density at radius 3 is 2.47 bits per heavy atom. The van der Waals surface area contributed by atoms with E-state index >= 15 is 0 Å². The highest BCUT2D eigenvalue weighted by atomic mass is 32.2. The van der Waals surface area contributed by atoms with Crippen molar-refractivity contribution in [2.45, 2.75) is 11.8 Å². The molecule has 0 radical (unpaired) electrons. The van der Waals surface area contributed by atoms with Gasteiger partial charge in [-0.3, -0.25) is 0 Å². The van der Waals surface area contributed by atoms with Gasteiger partial charge in [-0.25, -0.2) is 8.42 Å². The van der Waals surface area contributed by atoms with Gasteiger partial charge in [0.1, 0.15) is 5.69 Å². The lowest BCUT2D eigenvalue weighted by atomic mass is 10.1. The number of nitrogens with two attached hydrogens (primary N) is 1. The molecule has 0 saturated carbocycles. The quantitative estimate of drug-likeness (QED) is 0.878. The lowest BCUT2D eigenvalue weighted by Gasteiger charge is -2.04. The average molecular weight is 252 g/mol. The van der Waals surface area contributed by atoms with Crippen LogP contribution in [0.3, 0.4) is 0 Å². The Morgan fingerprint density at radius 1 is 1.29 bits per heavy atom. The summed E-state index contributed by atoms with van der Waals surface area (Å²) in [5.41, 5.74) is 7.46. The average Bonchev–Trinajstić information content (AvgIpc) is 2.62. The molecule has 1 aromatic carbocycles. The number of benzene rings is 1. The van der Waals surface area contributed by atoms with Gasteiger partial charge in [-0.05, 0) is 24.6 Å². The van der Waals surface area contributed by atoms with E-state index in [9.17, 15) is 8.42 Å². The summed E-state index contributed by atoms with van der Waals surface area (Å²) in [6.07, 6.45) is 1.18. The van der Waals surface area contributed by atoms with Gasteiger partial charge in [0, 0.05) is 17.9 Å². The molecule has 2 rings (SSSR count). The Kier molecular flexibility index (Phi) is 2.66. The molecule has 1 aromatic heterocycles. The van der Waals surface area contributed by atoms with Crippen LogP contribution in [0.4, 0.5) is 5.88 Å². The highest BCUT2D eigenvalue weighted by Gasteiger charge is 2.12. The molecule has 0 aliphatic carbocycles. The van der Waals surface area contributed by atoms with E-state index < -0.39 is 9.84 Å². The summed E-state index contributed by atoms with van der Waals surface area (Å²) in [4.78, 5) is 0.317. The topological polar surface area (TPSA) is 86.2 Å². The first-order chi connectivity index (χ1) is 7.88. The van der Waals surface area contributed by atoms with Gasteiger partial charge in [0.15, 0.2) is 9.84 Å². The zero-order valence-corrected chi connectivity index (χ0v) is 10.3. The molecule has 0 aliphatic heterocycles. The van der Waals surface area contributed by atoms with E-state index in [1.807, 2.05) is 0 Å². The third-order valence-corrected chi connectivity index (χ3v) is 3.66. The number of sulfone groups is 1. The van der Waals surface area contributed by atoms with E-state index in [2.05, 4.69) is 5.16 Å². The Morgan fingerprint density at radius 2 is 2.00 bits per heavy atom. The number of anilines is 1. The number of hydrogen-bond acceptors (Lipinski definition) is 5. The molecule has 1 heterocycles. The molecule has 2 aromatic rings. The molecule has 0 spiro atoms. The molecule has 17 heavy (non-hydrogen) atoms. The molecule has 0 bridgehead atoms. The third-order valence-electron chi connectivity index (χ3n) is 2.40. The highest BCUT2D eigenvalue weighted by molar-refractivity contribution is 7.90. The number of aryl methyl sites for hydroxylation is 1. The minimum absolute atomic E-state index is 0.227. The summed E-state index contributed by atoms with van der Waals surface area (Å²) in [6.45, 7) is 1.74. The predicted molar refractivity (Wildman–Crippen MR) is 64.2 cm³/mol. The number of hydrogen-bond donors (Lipinski definition) is 1. The summed E-state index contributed by atoms with van der Waals surface area (Å²) >= 11 is 0. The van der Waals surface area contributed by atoms with Gasteiger partial charge in [-0.15, -0.1) is 0 Å². The Hall–Kier alpha value is -1.82. The van der Waals surface area contributed by atoms with Crippen LogP contribution in [0.25, 0.3) is 11.3 Å². The smallest absolute Gasteiger partial charge is 0.222 e. The molecule has 0 aliphatic rings. The fraction of sp³-hybridized carbons (Fsp3) is 0.182. The van der Waals surface area contributed by atoms with Crippen LogP contribution in [0.1, 0.15) is 5.56 Å². The number of nitrogen functional groups attached to an aromatic ring is 1. The third kappa shape index (κ3) is 2.31. The van der Waals surface area contributed by atoms with Gasteiger partial charge in [-0.2, -0.15) is 0 Å². The van der Waals surface area contributed by atoms with Gasteiger partial charge < -0.3 is 10.3 Å². The van der Waals surface area contributed by atoms with E-state index in [-0.39, 0.29) is 5.88 Å². The zero-order chi connectivity index (χ0) is 12.6. The largest absolute Gasteiger partial charge is 0.368 e. The van der Waals surface area contributed by atoms with Crippen LogP contribution in [0.2, 0.25) is 0 Å². The molecule has 2 N–H and O–H groups in total. The maximum Gasteiger partial charge on any atom is 0.222 e. The van der Waals surface area contributed by atoms with Gasteiger partial charge >= 0.3 is 0 Å². The lowest BCUT2D eigenvalue weighted by Crippen LogP contribution is -1.99. The first-order valence-corrected chi connectivity index (χ1v) is 6.80. The fourth-order valence-electron chi connectivity index (χ4n) is 1.65. The first kappa shape index (κ1) is 11.7. The first-order valence-electron chi connectivity index (χ1n) is 4.91. The van der Waals surface area contributed by atoms with Crippen molar-refractivity contribution in [3.05, 3.63) is 29.8 Å². The highest BCUT2D eigenvalue weighted by Crippen LogP contribution is 2.24. The zero-order valence-electron chi connectivity index (χ0n) is 9.47. The van der Waals surface area contributed by atoms with Gasteiger partial charge in [0.2, 0.25) is 5.88 Å². The minimum Gasteiger partial charge on any atom is -0.368 e. The molecule has 0 amide bonds. The molecular formula is C11H12N2O3S. The van der Waals surface area contributed by atoms with E-state index in [1.165, 1.54) is 6.26 Å². The summed E-state index contributed by atoms with van der Waals surface area (Å²) < 4.78 is 27.7. The molecule has 0 fully saturated rings. The Bertz CT molecular complexity index is 659. The van der Waals surface area contributed by atoms with E-state index in [1.54, 1.807) is 31.2 Å². The summed E-state index contributed by atoms with van der Waals surface area (Å²) in [5.74, 6) is 0.227. The van der Waals surface area contributed by atoms with Crippen molar-refractivity contribution in [3.63, 3.8) is 0 Å². The number of rotatable bonds is 2. The SMILES string of the molecule is Cc1cc(-c2cc(N)on2)ccc1S(C)(=O)=O. The minimum atomic E-state index is -3.20. The number of nitrogens with zero attached hydrogens (tertiary/aromatic N) is 1. The molecule has 6 heteroatoms. The van der Waals surface area contributed by atoms with Crippen LogP contribution in [0, 0.1) is 6.92 Å². The fourth-order valence-corrected chi connectivity index (χ4v) is 2.61. The van der Waals surface area contributed by atoms with Crippen molar-refractivity contribution in [1.82, 2.24) is 5.16 Å². The predicted octanol–water partition coefficient (Wildman–Crippen LogP) is 1.64. The van der Waals surface area contributed by atoms with Crippen molar-refractivity contribution >= 4 is 15.7 Å². The maximum absolute atomic E-state index is 11.5. The monoisotopic (exact) mass is 252 g/mol. The van der Waals surface area contributed by atoms with Crippen LogP contribution >= 0.6 is 0 Å². The summed E-state index contributed by atoms with van der Waals surface area (Å²) in [7, 11) is -3.20. The van der Waals surface area contributed by atoms with Gasteiger partial charge in [-0.1, -0.05) is 11.2 Å². The summed E-state index contributed by atoms with van der Waals surface area (Å²) in [5, 5.41) is 3.77. The molecule has 0 saturated heterocycles. The Labute approximate surface area is 99.1 Å². The van der Waals surface area contributed by atoms with Gasteiger partial charge in [0.25, 0.3) is 0 Å².